The lowest BCUT2D eigenvalue weighted by atomic mass is 9.85. The number of carbonyl (C=O) groups is 3. The summed E-state index contributed by atoms with van der Waals surface area (Å²) in [4.78, 5) is 50.3. The van der Waals surface area contributed by atoms with E-state index in [1.807, 2.05) is 12.1 Å². The van der Waals surface area contributed by atoms with E-state index in [0.717, 1.165) is 5.56 Å². The Morgan fingerprint density at radius 2 is 1.47 bits per heavy atom. The van der Waals surface area contributed by atoms with E-state index in [1.54, 1.807) is 12.1 Å². The summed E-state index contributed by atoms with van der Waals surface area (Å²) in [7, 11) is 1.26. The average Bonchev–Trinajstić information content (AvgIpc) is 3.17. The number of nitrogens with zero attached hydrogens (tertiary/aromatic N) is 2. The Kier molecular flexibility index (Phi) is 6.87. The smallest absolute Gasteiger partial charge is 0.337 e. The fourth-order valence-electron chi connectivity index (χ4n) is 4.35. The number of esters is 1. The van der Waals surface area contributed by atoms with Crippen LogP contribution in [0.2, 0.25) is 0 Å². The van der Waals surface area contributed by atoms with E-state index in [0.29, 0.717) is 11.3 Å². The summed E-state index contributed by atoms with van der Waals surface area (Å²) in [6.07, 6.45) is 0. The van der Waals surface area contributed by atoms with E-state index in [1.165, 1.54) is 60.5 Å². The average molecular weight is 515 g/mol. The minimum atomic E-state index is -0.983. The number of methoxy groups -OCH3 is 1. The van der Waals surface area contributed by atoms with Gasteiger partial charge in [-0.2, -0.15) is 0 Å². The summed E-state index contributed by atoms with van der Waals surface area (Å²) in [6, 6.07) is 17.5. The second-order valence-electron chi connectivity index (χ2n) is 9.88. The maximum Gasteiger partial charge on any atom is 0.337 e. The quantitative estimate of drug-likeness (QED) is 0.122. The van der Waals surface area contributed by atoms with E-state index in [9.17, 15) is 29.6 Å². The normalized spacial score (nSPS) is 16.9. The number of hydrogen-bond donors (Lipinski definition) is 1. The molecule has 0 radical (unpaired) electrons. The second-order valence-corrected chi connectivity index (χ2v) is 9.88. The number of aliphatic hydroxyl groups excluding tert-OH is 1. The van der Waals surface area contributed by atoms with Gasteiger partial charge >= 0.3 is 5.97 Å². The number of Topliss-reactive ketones (excluding diaryl/α,β-unsaturated/α-hetero) is 1. The Morgan fingerprint density at radius 1 is 0.921 bits per heavy atom. The van der Waals surface area contributed by atoms with Gasteiger partial charge in [0, 0.05) is 23.4 Å². The fraction of sp³-hybridized carbons (Fsp3) is 0.207. The lowest BCUT2D eigenvalue weighted by molar-refractivity contribution is -0.384. The van der Waals surface area contributed by atoms with Gasteiger partial charge in [-0.05, 0) is 52.9 Å². The molecule has 3 aromatic rings. The van der Waals surface area contributed by atoms with Crippen LogP contribution in [0, 0.1) is 10.1 Å². The first-order valence-electron chi connectivity index (χ1n) is 11.8. The minimum absolute atomic E-state index is 0.136. The molecule has 0 bridgehead atoms. The largest absolute Gasteiger partial charge is 0.507 e. The highest BCUT2D eigenvalue weighted by atomic mass is 16.6. The van der Waals surface area contributed by atoms with Crippen molar-refractivity contribution in [2.45, 2.75) is 32.2 Å². The van der Waals surface area contributed by atoms with Crippen molar-refractivity contribution in [1.29, 1.82) is 0 Å². The lowest BCUT2D eigenvalue weighted by Gasteiger charge is -2.26. The monoisotopic (exact) mass is 514 g/mol. The number of aliphatic hydroxyl groups is 1. The molecule has 4 rings (SSSR count). The van der Waals surface area contributed by atoms with Crippen molar-refractivity contribution in [3.8, 4) is 0 Å². The number of nitro groups is 1. The van der Waals surface area contributed by atoms with Gasteiger partial charge in [-0.15, -0.1) is 0 Å². The Morgan fingerprint density at radius 3 is 1.97 bits per heavy atom. The molecule has 1 aliphatic rings. The minimum Gasteiger partial charge on any atom is -0.507 e. The molecule has 9 nitrogen and oxygen atoms in total. The molecule has 0 spiro atoms. The number of non-ortho nitro benzene ring substituents is 1. The summed E-state index contributed by atoms with van der Waals surface area (Å²) in [5.74, 6) is -2.75. The van der Waals surface area contributed by atoms with Crippen LogP contribution in [0.1, 0.15) is 53.9 Å². The highest BCUT2D eigenvalue weighted by Gasteiger charge is 2.47. The summed E-state index contributed by atoms with van der Waals surface area (Å²) < 4.78 is 4.73. The van der Waals surface area contributed by atoms with Crippen LogP contribution in [-0.2, 0) is 19.7 Å². The number of carbonyl (C=O) groups excluding carboxylic acids is 3. The van der Waals surface area contributed by atoms with Crippen molar-refractivity contribution >= 4 is 34.8 Å². The van der Waals surface area contributed by atoms with Crippen LogP contribution in [0.25, 0.3) is 5.76 Å². The van der Waals surface area contributed by atoms with Crippen LogP contribution in [0.5, 0.6) is 0 Å². The number of anilines is 1. The molecule has 0 aliphatic carbocycles. The van der Waals surface area contributed by atoms with E-state index in [2.05, 4.69) is 20.8 Å². The van der Waals surface area contributed by atoms with Crippen LogP contribution in [0.3, 0.4) is 0 Å². The first-order valence-corrected chi connectivity index (χ1v) is 11.8. The van der Waals surface area contributed by atoms with Gasteiger partial charge in [-0.25, -0.2) is 4.79 Å². The van der Waals surface area contributed by atoms with Crippen molar-refractivity contribution in [3.63, 3.8) is 0 Å². The van der Waals surface area contributed by atoms with Gasteiger partial charge in [-0.3, -0.25) is 24.6 Å². The summed E-state index contributed by atoms with van der Waals surface area (Å²) in [5.41, 5.74) is 1.92. The summed E-state index contributed by atoms with van der Waals surface area (Å²) in [5, 5.41) is 22.3. The van der Waals surface area contributed by atoms with Crippen LogP contribution < -0.4 is 4.90 Å². The number of benzene rings is 3. The number of ketones is 1. The third kappa shape index (κ3) is 4.78. The molecule has 9 heteroatoms. The van der Waals surface area contributed by atoms with E-state index >= 15 is 0 Å². The predicted octanol–water partition coefficient (Wildman–Crippen LogP) is 5.31. The van der Waals surface area contributed by atoms with Gasteiger partial charge in [0.1, 0.15) is 5.76 Å². The summed E-state index contributed by atoms with van der Waals surface area (Å²) >= 11 is 0. The van der Waals surface area contributed by atoms with Crippen molar-refractivity contribution in [2.24, 2.45) is 0 Å². The van der Waals surface area contributed by atoms with Gasteiger partial charge in [0.2, 0.25) is 0 Å². The van der Waals surface area contributed by atoms with E-state index in [-0.39, 0.29) is 27.8 Å². The molecule has 1 unspecified atom stereocenters. The number of hydrogen-bond acceptors (Lipinski definition) is 7. The van der Waals surface area contributed by atoms with Crippen molar-refractivity contribution < 1.29 is 29.2 Å². The zero-order valence-electron chi connectivity index (χ0n) is 21.3. The molecule has 1 N–H and O–H groups in total. The van der Waals surface area contributed by atoms with Gasteiger partial charge in [0.25, 0.3) is 17.4 Å². The van der Waals surface area contributed by atoms with Crippen molar-refractivity contribution in [1.82, 2.24) is 0 Å². The highest BCUT2D eigenvalue weighted by Crippen LogP contribution is 2.42. The standard InChI is InChI=1S/C29H26N2O7/c1-29(2,3)20-11-5-17(6-12-20)24-23(25(32)18-7-15-22(16-8-18)31(36)37)26(33)27(34)30(24)21-13-9-19(10-14-21)28(35)38-4/h5-16,24,32H,1-4H3/b25-23-. The topological polar surface area (TPSA) is 127 Å². The first-order chi connectivity index (χ1) is 17.9. The Bertz CT molecular complexity index is 1450. The molecule has 194 valence electrons. The molecule has 38 heavy (non-hydrogen) atoms. The molecule has 0 saturated carbocycles. The van der Waals surface area contributed by atoms with E-state index < -0.39 is 34.4 Å². The van der Waals surface area contributed by atoms with Crippen LogP contribution in [0.4, 0.5) is 11.4 Å². The molecule has 3 aromatic carbocycles. The highest BCUT2D eigenvalue weighted by molar-refractivity contribution is 6.51. The number of amides is 1. The SMILES string of the molecule is COC(=O)c1ccc(N2C(=O)C(=O)/C(=C(\O)c3ccc([N+](=O)[O-])cc3)C2c2ccc(C(C)(C)C)cc2)cc1. The third-order valence-electron chi connectivity index (χ3n) is 6.46. The number of rotatable bonds is 5. The van der Waals surface area contributed by atoms with Crippen LogP contribution in [0.15, 0.2) is 78.4 Å². The number of ether oxygens (including phenoxy) is 1. The molecule has 1 fully saturated rings. The van der Waals surface area contributed by atoms with Crippen molar-refractivity contribution in [3.05, 3.63) is 111 Å². The molecule has 1 atom stereocenters. The zero-order valence-corrected chi connectivity index (χ0v) is 21.3. The Hall–Kier alpha value is -4.79. The third-order valence-corrected chi connectivity index (χ3v) is 6.46. The van der Waals surface area contributed by atoms with E-state index in [4.69, 9.17) is 4.74 Å². The van der Waals surface area contributed by atoms with Gasteiger partial charge in [-0.1, -0.05) is 45.0 Å². The molecule has 1 heterocycles. The lowest BCUT2D eigenvalue weighted by Crippen LogP contribution is -2.29. The Labute approximate surface area is 219 Å². The Balaban J connectivity index is 1.88. The maximum atomic E-state index is 13.3. The fourth-order valence-corrected chi connectivity index (χ4v) is 4.35. The van der Waals surface area contributed by atoms with Gasteiger partial charge in [0.05, 0.1) is 29.2 Å². The molecule has 1 aliphatic heterocycles. The van der Waals surface area contributed by atoms with Gasteiger partial charge < -0.3 is 9.84 Å². The number of nitro benzene ring substituents is 1. The van der Waals surface area contributed by atoms with Gasteiger partial charge in [0.15, 0.2) is 0 Å². The molecule has 1 saturated heterocycles. The predicted molar refractivity (Wildman–Crippen MR) is 141 cm³/mol. The zero-order chi connectivity index (χ0) is 27.8. The molecule has 1 amide bonds. The van der Waals surface area contributed by atoms with Crippen LogP contribution >= 0.6 is 0 Å². The molecular weight excluding hydrogens is 488 g/mol. The summed E-state index contributed by atoms with van der Waals surface area (Å²) in [6.45, 7) is 6.18. The molecular formula is C29H26N2O7. The maximum absolute atomic E-state index is 13.3. The second kappa shape index (κ2) is 9.93. The van der Waals surface area contributed by atoms with Crippen LogP contribution in [-0.4, -0.2) is 34.8 Å². The first kappa shape index (κ1) is 26.3. The van der Waals surface area contributed by atoms with Crippen molar-refractivity contribution in [2.75, 3.05) is 12.0 Å². The molecule has 0 aromatic heterocycles.